The third-order valence-corrected chi connectivity index (χ3v) is 5.50. The second-order valence-electron chi connectivity index (χ2n) is 7.86. The fourth-order valence-corrected chi connectivity index (χ4v) is 3.69. The predicted octanol–water partition coefficient (Wildman–Crippen LogP) is 2.62. The van der Waals surface area contributed by atoms with E-state index in [9.17, 15) is 4.79 Å². The molecule has 1 aliphatic heterocycles. The molecule has 0 aromatic heterocycles. The minimum absolute atomic E-state index is 0. The van der Waals surface area contributed by atoms with Crippen LogP contribution in [0.3, 0.4) is 0 Å². The van der Waals surface area contributed by atoms with Gasteiger partial charge >= 0.3 is 0 Å². The molecular weight excluding hydrogens is 443 g/mol. The number of halogens is 1. The van der Waals surface area contributed by atoms with E-state index in [4.69, 9.17) is 9.73 Å². The molecule has 0 radical (unpaired) electrons. The molecule has 1 unspecified atom stereocenters. The Morgan fingerprint density at radius 3 is 2.65 bits per heavy atom. The van der Waals surface area contributed by atoms with Crippen molar-refractivity contribution >= 4 is 35.8 Å². The van der Waals surface area contributed by atoms with Crippen molar-refractivity contribution in [2.75, 3.05) is 39.9 Å². The Balaban J connectivity index is 0.00000338. The van der Waals surface area contributed by atoms with Crippen LogP contribution in [0.25, 0.3) is 0 Å². The van der Waals surface area contributed by atoms with Crippen LogP contribution in [0, 0.1) is 11.3 Å². The fraction of sp³-hybridized carbons (Fsp3) is 0.895. The zero-order chi connectivity index (χ0) is 18.3. The Hall–Kier alpha value is -0.570. The summed E-state index contributed by atoms with van der Waals surface area (Å²) < 4.78 is 5.27. The summed E-state index contributed by atoms with van der Waals surface area (Å²) >= 11 is 0. The Bertz CT molecular complexity index is 466. The highest BCUT2D eigenvalue weighted by Crippen LogP contribution is 2.44. The SMILES string of the molecule is CCNC(=NCC1(CCOC)CCC1)NC1CCN(C(=O)C(C)C)C1.I. The molecular formula is C19H37IN4O2. The maximum absolute atomic E-state index is 12.1. The third kappa shape index (κ3) is 6.55. The average molecular weight is 480 g/mol. The van der Waals surface area contributed by atoms with Crippen LogP contribution in [-0.2, 0) is 9.53 Å². The van der Waals surface area contributed by atoms with Gasteiger partial charge in [0.1, 0.15) is 0 Å². The minimum atomic E-state index is 0. The van der Waals surface area contributed by atoms with Crippen LogP contribution in [0.15, 0.2) is 4.99 Å². The maximum atomic E-state index is 12.1. The maximum Gasteiger partial charge on any atom is 0.225 e. The monoisotopic (exact) mass is 480 g/mol. The Labute approximate surface area is 175 Å². The number of ether oxygens (including phenoxy) is 1. The molecule has 1 amide bonds. The highest BCUT2D eigenvalue weighted by molar-refractivity contribution is 14.0. The van der Waals surface area contributed by atoms with Crippen molar-refractivity contribution in [1.29, 1.82) is 0 Å². The first-order valence-corrected chi connectivity index (χ1v) is 9.82. The molecule has 6 nitrogen and oxygen atoms in total. The number of methoxy groups -OCH3 is 1. The number of nitrogens with one attached hydrogen (secondary N) is 2. The lowest BCUT2D eigenvalue weighted by Crippen LogP contribution is -2.46. The average Bonchev–Trinajstić information content (AvgIpc) is 3.01. The Morgan fingerprint density at radius 2 is 2.12 bits per heavy atom. The van der Waals surface area contributed by atoms with Crippen LogP contribution in [0.5, 0.6) is 0 Å². The molecule has 2 N–H and O–H groups in total. The molecule has 1 heterocycles. The van der Waals surface area contributed by atoms with Gasteiger partial charge in [0.2, 0.25) is 5.91 Å². The molecule has 1 atom stereocenters. The Kier molecular flexibility index (Phi) is 10.2. The van der Waals surface area contributed by atoms with Gasteiger partial charge in [-0.2, -0.15) is 0 Å². The predicted molar refractivity (Wildman–Crippen MR) is 117 cm³/mol. The lowest BCUT2D eigenvalue weighted by molar-refractivity contribution is -0.133. The number of nitrogens with zero attached hydrogens (tertiary/aromatic N) is 2. The lowest BCUT2D eigenvalue weighted by Gasteiger charge is -2.41. The van der Waals surface area contributed by atoms with Crippen molar-refractivity contribution < 1.29 is 9.53 Å². The van der Waals surface area contributed by atoms with Crippen LogP contribution in [0.1, 0.15) is 52.9 Å². The number of rotatable bonds is 8. The van der Waals surface area contributed by atoms with Crippen molar-refractivity contribution in [2.45, 2.75) is 58.9 Å². The summed E-state index contributed by atoms with van der Waals surface area (Å²) in [7, 11) is 1.77. The molecule has 1 saturated carbocycles. The number of amides is 1. The number of likely N-dealkylation sites (tertiary alicyclic amines) is 1. The summed E-state index contributed by atoms with van der Waals surface area (Å²) in [4.78, 5) is 19.0. The highest BCUT2D eigenvalue weighted by atomic mass is 127. The molecule has 7 heteroatoms. The fourth-order valence-electron chi connectivity index (χ4n) is 3.69. The van der Waals surface area contributed by atoms with Crippen LogP contribution in [0.2, 0.25) is 0 Å². The van der Waals surface area contributed by atoms with E-state index in [0.717, 1.165) is 51.6 Å². The van der Waals surface area contributed by atoms with Crippen molar-refractivity contribution in [3.63, 3.8) is 0 Å². The van der Waals surface area contributed by atoms with Gasteiger partial charge in [-0.15, -0.1) is 24.0 Å². The first-order chi connectivity index (χ1) is 12.0. The highest BCUT2D eigenvalue weighted by Gasteiger charge is 2.36. The van der Waals surface area contributed by atoms with Crippen LogP contribution in [-0.4, -0.2) is 62.7 Å². The smallest absolute Gasteiger partial charge is 0.225 e. The standard InChI is InChI=1S/C19H36N4O2.HI/c1-5-20-18(21-14-19(8-6-9-19)10-12-25-4)22-16-7-11-23(13-16)17(24)15(2)3;/h15-16H,5-14H2,1-4H3,(H2,20,21,22);1H. The van der Waals surface area contributed by atoms with Gasteiger partial charge in [-0.1, -0.05) is 20.3 Å². The Morgan fingerprint density at radius 1 is 1.38 bits per heavy atom. The first-order valence-electron chi connectivity index (χ1n) is 9.82. The molecule has 0 aromatic rings. The van der Waals surface area contributed by atoms with E-state index in [1.54, 1.807) is 7.11 Å². The van der Waals surface area contributed by atoms with E-state index in [0.29, 0.717) is 5.41 Å². The van der Waals surface area contributed by atoms with Crippen molar-refractivity contribution in [2.24, 2.45) is 16.3 Å². The van der Waals surface area contributed by atoms with Gasteiger partial charge in [0.15, 0.2) is 5.96 Å². The summed E-state index contributed by atoms with van der Waals surface area (Å²) in [5, 5.41) is 6.89. The minimum Gasteiger partial charge on any atom is -0.385 e. The van der Waals surface area contributed by atoms with E-state index in [-0.39, 0.29) is 41.8 Å². The molecule has 0 spiro atoms. The van der Waals surface area contributed by atoms with Crippen LogP contribution >= 0.6 is 24.0 Å². The molecule has 1 saturated heterocycles. The second kappa shape index (κ2) is 11.3. The zero-order valence-electron chi connectivity index (χ0n) is 16.8. The molecule has 0 aromatic carbocycles. The van der Waals surface area contributed by atoms with Gasteiger partial charge in [-0.3, -0.25) is 9.79 Å². The third-order valence-electron chi connectivity index (χ3n) is 5.50. The van der Waals surface area contributed by atoms with Gasteiger partial charge in [-0.25, -0.2) is 0 Å². The summed E-state index contributed by atoms with van der Waals surface area (Å²) in [6, 6.07) is 0.289. The first kappa shape index (κ1) is 23.5. The number of guanidine groups is 1. The molecule has 2 aliphatic rings. The van der Waals surface area contributed by atoms with E-state index >= 15 is 0 Å². The largest absolute Gasteiger partial charge is 0.385 e. The topological polar surface area (TPSA) is 66.0 Å². The van der Waals surface area contributed by atoms with Crippen molar-refractivity contribution in [1.82, 2.24) is 15.5 Å². The van der Waals surface area contributed by atoms with Gasteiger partial charge in [-0.05, 0) is 38.0 Å². The van der Waals surface area contributed by atoms with Gasteiger partial charge < -0.3 is 20.3 Å². The lowest BCUT2D eigenvalue weighted by atomic mass is 9.67. The number of hydrogen-bond donors (Lipinski definition) is 2. The summed E-state index contributed by atoms with van der Waals surface area (Å²) in [5.74, 6) is 1.20. The molecule has 2 fully saturated rings. The van der Waals surface area contributed by atoms with Gasteiger partial charge in [0.05, 0.1) is 0 Å². The number of hydrogen-bond acceptors (Lipinski definition) is 3. The zero-order valence-corrected chi connectivity index (χ0v) is 19.2. The van der Waals surface area contributed by atoms with E-state index < -0.39 is 0 Å². The summed E-state index contributed by atoms with van der Waals surface area (Å²) in [6.45, 7) is 10.1. The molecule has 152 valence electrons. The van der Waals surface area contributed by atoms with Crippen LogP contribution < -0.4 is 10.6 Å². The molecule has 0 bridgehead atoms. The number of carbonyl (C=O) groups excluding carboxylic acids is 1. The van der Waals surface area contributed by atoms with Crippen molar-refractivity contribution in [3.05, 3.63) is 0 Å². The van der Waals surface area contributed by atoms with E-state index in [1.807, 2.05) is 18.7 Å². The number of aliphatic imine (C=N–C) groups is 1. The summed E-state index contributed by atoms with van der Waals surface area (Å²) in [6.07, 6.45) is 5.88. The molecule has 2 rings (SSSR count). The second-order valence-corrected chi connectivity index (χ2v) is 7.86. The normalized spacial score (nSPS) is 22.0. The van der Waals surface area contributed by atoms with Gasteiger partial charge in [0, 0.05) is 51.9 Å². The number of carbonyl (C=O) groups is 1. The molecule has 26 heavy (non-hydrogen) atoms. The van der Waals surface area contributed by atoms with Crippen molar-refractivity contribution in [3.8, 4) is 0 Å². The van der Waals surface area contributed by atoms with E-state index in [2.05, 4.69) is 17.6 Å². The summed E-state index contributed by atoms with van der Waals surface area (Å²) in [5.41, 5.74) is 0.327. The van der Waals surface area contributed by atoms with Crippen LogP contribution in [0.4, 0.5) is 0 Å². The van der Waals surface area contributed by atoms with Gasteiger partial charge in [0.25, 0.3) is 0 Å². The quantitative estimate of drug-likeness (QED) is 0.319. The molecule has 1 aliphatic carbocycles. The van der Waals surface area contributed by atoms with E-state index in [1.165, 1.54) is 19.3 Å².